The zero-order valence-corrected chi connectivity index (χ0v) is 17.9. The molecule has 0 spiro atoms. The number of pyridine rings is 1. The number of rotatable bonds is 5. The van der Waals surface area contributed by atoms with Crippen molar-refractivity contribution < 1.29 is 14.3 Å². The first-order chi connectivity index (χ1) is 15.7. The minimum atomic E-state index is -0.429. The van der Waals surface area contributed by atoms with E-state index in [1.165, 1.54) is 11.3 Å². The van der Waals surface area contributed by atoms with Crippen LogP contribution in [0.4, 0.5) is 5.13 Å². The highest BCUT2D eigenvalue weighted by molar-refractivity contribution is 7.13. The molecule has 162 valence electrons. The van der Waals surface area contributed by atoms with Crippen molar-refractivity contribution in [2.24, 2.45) is 0 Å². The molecule has 0 radical (unpaired) electrons. The molecule has 5 rings (SSSR count). The number of nitrogens with one attached hydrogen (secondary N) is 1. The second-order valence-corrected chi connectivity index (χ2v) is 8.20. The summed E-state index contributed by atoms with van der Waals surface area (Å²) in [6, 6.07) is 11.0. The van der Waals surface area contributed by atoms with Crippen LogP contribution in [0.1, 0.15) is 22.2 Å². The quantitative estimate of drug-likeness (QED) is 0.504. The van der Waals surface area contributed by atoms with E-state index in [0.29, 0.717) is 41.6 Å². The number of hydrogen-bond donors (Lipinski definition) is 1. The van der Waals surface area contributed by atoms with Crippen molar-refractivity contribution in [2.45, 2.75) is 12.6 Å². The lowest BCUT2D eigenvalue weighted by atomic mass is 10.0. The summed E-state index contributed by atoms with van der Waals surface area (Å²) in [6.07, 6.45) is 4.61. The molecule has 0 unspecified atom stereocenters. The number of fused-ring (bicyclic) bond motifs is 1. The standard InChI is InChI=1S/C22H20N6O3S/c29-20(14-28-8-3-6-24-28)27-9-10-31-19(13-27)18-12-16(15-4-1-2-5-17(15)25-18)21(30)26-22-23-7-11-32-22/h1-8,11-12,19H,9-10,13-14H2,(H,23,26,30)/t19-/m1/s1. The first-order valence-electron chi connectivity index (χ1n) is 10.1. The average molecular weight is 449 g/mol. The van der Waals surface area contributed by atoms with Gasteiger partial charge in [-0.3, -0.25) is 19.6 Å². The van der Waals surface area contributed by atoms with Gasteiger partial charge in [-0.1, -0.05) is 18.2 Å². The predicted molar refractivity (Wildman–Crippen MR) is 119 cm³/mol. The second-order valence-electron chi connectivity index (χ2n) is 7.31. The van der Waals surface area contributed by atoms with Gasteiger partial charge in [0.25, 0.3) is 5.91 Å². The Hall–Kier alpha value is -3.63. The number of amides is 2. The van der Waals surface area contributed by atoms with Crippen LogP contribution in [0.5, 0.6) is 0 Å². The first kappa shape index (κ1) is 20.3. The molecular weight excluding hydrogens is 428 g/mol. The molecule has 1 fully saturated rings. The Bertz CT molecular complexity index is 1240. The van der Waals surface area contributed by atoms with Crippen molar-refractivity contribution in [3.63, 3.8) is 0 Å². The molecular formula is C22H20N6O3S. The molecule has 2 amide bonds. The molecule has 1 saturated heterocycles. The van der Waals surface area contributed by atoms with Crippen LogP contribution in [0.15, 0.2) is 60.4 Å². The van der Waals surface area contributed by atoms with Gasteiger partial charge in [0.1, 0.15) is 12.6 Å². The Kier molecular flexibility index (Phi) is 5.61. The Morgan fingerprint density at radius 3 is 2.94 bits per heavy atom. The minimum absolute atomic E-state index is 0.0375. The van der Waals surface area contributed by atoms with Crippen LogP contribution in [0.25, 0.3) is 10.9 Å². The van der Waals surface area contributed by atoms with E-state index >= 15 is 0 Å². The van der Waals surface area contributed by atoms with E-state index in [4.69, 9.17) is 9.72 Å². The topological polar surface area (TPSA) is 102 Å². The van der Waals surface area contributed by atoms with Gasteiger partial charge in [-0.2, -0.15) is 5.10 Å². The molecule has 0 aliphatic carbocycles. The van der Waals surface area contributed by atoms with Gasteiger partial charge in [0.15, 0.2) is 5.13 Å². The number of nitrogens with zero attached hydrogens (tertiary/aromatic N) is 5. The molecule has 3 aromatic heterocycles. The lowest BCUT2D eigenvalue weighted by Gasteiger charge is -2.33. The molecule has 0 saturated carbocycles. The number of para-hydroxylation sites is 1. The summed E-state index contributed by atoms with van der Waals surface area (Å²) < 4.78 is 7.55. The largest absolute Gasteiger partial charge is 0.368 e. The van der Waals surface area contributed by atoms with E-state index in [1.807, 2.05) is 24.3 Å². The molecule has 1 aliphatic heterocycles. The number of carbonyl (C=O) groups excluding carboxylic acids is 2. The normalized spacial score (nSPS) is 16.2. The summed E-state index contributed by atoms with van der Waals surface area (Å²) >= 11 is 1.35. The molecule has 1 N–H and O–H groups in total. The van der Waals surface area contributed by atoms with Gasteiger partial charge in [-0.25, -0.2) is 9.97 Å². The van der Waals surface area contributed by atoms with Crippen molar-refractivity contribution in [3.05, 3.63) is 71.6 Å². The van der Waals surface area contributed by atoms with Crippen molar-refractivity contribution in [1.82, 2.24) is 24.6 Å². The molecule has 10 heteroatoms. The number of ether oxygens (including phenoxy) is 1. The number of hydrogen-bond acceptors (Lipinski definition) is 7. The summed E-state index contributed by atoms with van der Waals surface area (Å²) in [5.74, 6) is -0.299. The van der Waals surface area contributed by atoms with Crippen LogP contribution in [0.3, 0.4) is 0 Å². The van der Waals surface area contributed by atoms with E-state index < -0.39 is 6.10 Å². The van der Waals surface area contributed by atoms with Crippen LogP contribution in [0, 0.1) is 0 Å². The van der Waals surface area contributed by atoms with E-state index in [-0.39, 0.29) is 18.4 Å². The third kappa shape index (κ3) is 4.23. The number of carbonyl (C=O) groups is 2. The molecule has 4 aromatic rings. The number of morpholine rings is 1. The van der Waals surface area contributed by atoms with Gasteiger partial charge >= 0.3 is 0 Å². The number of aromatic nitrogens is 4. The Morgan fingerprint density at radius 2 is 2.12 bits per heavy atom. The Balaban J connectivity index is 1.42. The van der Waals surface area contributed by atoms with Crippen LogP contribution in [0.2, 0.25) is 0 Å². The van der Waals surface area contributed by atoms with E-state index in [9.17, 15) is 9.59 Å². The third-order valence-electron chi connectivity index (χ3n) is 5.24. The van der Waals surface area contributed by atoms with Gasteiger partial charge in [0.2, 0.25) is 5.91 Å². The van der Waals surface area contributed by atoms with Crippen LogP contribution < -0.4 is 5.32 Å². The summed E-state index contributed by atoms with van der Waals surface area (Å²) in [7, 11) is 0. The lowest BCUT2D eigenvalue weighted by Crippen LogP contribution is -2.44. The fourth-order valence-corrected chi connectivity index (χ4v) is 4.21. The van der Waals surface area contributed by atoms with E-state index in [1.54, 1.807) is 45.7 Å². The van der Waals surface area contributed by atoms with Crippen LogP contribution in [-0.2, 0) is 16.1 Å². The van der Waals surface area contributed by atoms with Gasteiger partial charge < -0.3 is 9.64 Å². The molecule has 1 atom stereocenters. The predicted octanol–water partition coefficient (Wildman–Crippen LogP) is 2.74. The zero-order chi connectivity index (χ0) is 21.9. The lowest BCUT2D eigenvalue weighted by molar-refractivity contribution is -0.140. The van der Waals surface area contributed by atoms with Crippen molar-refractivity contribution >= 4 is 39.2 Å². The van der Waals surface area contributed by atoms with E-state index in [0.717, 1.165) is 5.39 Å². The maximum Gasteiger partial charge on any atom is 0.258 e. The Morgan fingerprint density at radius 1 is 1.22 bits per heavy atom. The summed E-state index contributed by atoms with van der Waals surface area (Å²) in [4.78, 5) is 36.4. The van der Waals surface area contributed by atoms with Gasteiger partial charge in [-0.15, -0.1) is 11.3 Å². The average Bonchev–Trinajstić information content (AvgIpc) is 3.53. The smallest absolute Gasteiger partial charge is 0.258 e. The van der Waals surface area contributed by atoms with Gasteiger partial charge in [-0.05, 0) is 18.2 Å². The molecule has 9 nitrogen and oxygen atoms in total. The van der Waals surface area contributed by atoms with Crippen LogP contribution >= 0.6 is 11.3 Å². The minimum Gasteiger partial charge on any atom is -0.368 e. The third-order valence-corrected chi connectivity index (χ3v) is 5.93. The Labute approximate surface area is 187 Å². The first-order valence-corrected chi connectivity index (χ1v) is 11.0. The number of anilines is 1. The van der Waals surface area contributed by atoms with Crippen molar-refractivity contribution in [1.29, 1.82) is 0 Å². The monoisotopic (exact) mass is 448 g/mol. The maximum atomic E-state index is 13.0. The molecule has 0 bridgehead atoms. The van der Waals surface area contributed by atoms with E-state index in [2.05, 4.69) is 15.4 Å². The fraction of sp³-hybridized carbons (Fsp3) is 0.227. The SMILES string of the molecule is O=C(Nc1nccs1)c1cc([C@H]2CN(C(=O)Cn3cccn3)CCO2)nc2ccccc12. The molecule has 1 aromatic carbocycles. The summed E-state index contributed by atoms with van der Waals surface area (Å²) in [5, 5.41) is 10.0. The summed E-state index contributed by atoms with van der Waals surface area (Å²) in [6.45, 7) is 1.43. The van der Waals surface area contributed by atoms with Gasteiger partial charge in [0, 0.05) is 35.9 Å². The molecule has 4 heterocycles. The summed E-state index contributed by atoms with van der Waals surface area (Å²) in [5.41, 5.74) is 1.80. The van der Waals surface area contributed by atoms with Crippen molar-refractivity contribution in [2.75, 3.05) is 25.0 Å². The fourth-order valence-electron chi connectivity index (χ4n) is 3.69. The second kappa shape index (κ2) is 8.85. The molecule has 1 aliphatic rings. The van der Waals surface area contributed by atoms with Crippen LogP contribution in [-0.4, -0.2) is 56.2 Å². The van der Waals surface area contributed by atoms with Crippen molar-refractivity contribution in [3.8, 4) is 0 Å². The highest BCUT2D eigenvalue weighted by Gasteiger charge is 2.28. The molecule has 32 heavy (non-hydrogen) atoms. The zero-order valence-electron chi connectivity index (χ0n) is 17.0. The van der Waals surface area contributed by atoms with Gasteiger partial charge in [0.05, 0.1) is 29.9 Å². The highest BCUT2D eigenvalue weighted by Crippen LogP contribution is 2.27. The maximum absolute atomic E-state index is 13.0. The number of benzene rings is 1. The highest BCUT2D eigenvalue weighted by atomic mass is 32.1. The number of thiazole rings is 1.